The lowest BCUT2D eigenvalue weighted by Crippen LogP contribution is -2.08. The molecule has 0 aliphatic rings. The Bertz CT molecular complexity index is 961. The van der Waals surface area contributed by atoms with Crippen LogP contribution in [0, 0.1) is 0 Å². The molecule has 0 N–H and O–H groups in total. The molecule has 28 heavy (non-hydrogen) atoms. The zero-order valence-electron chi connectivity index (χ0n) is 17.0. The number of fused-ring (bicyclic) bond motifs is 1. The molecule has 2 rings (SSSR count). The van der Waals surface area contributed by atoms with E-state index in [-0.39, 0.29) is 17.1 Å². The Morgan fingerprint density at radius 3 is 2.50 bits per heavy atom. The summed E-state index contributed by atoms with van der Waals surface area (Å²) in [6.45, 7) is 7.79. The lowest BCUT2D eigenvalue weighted by atomic mass is 10.1. The van der Waals surface area contributed by atoms with E-state index in [0.717, 1.165) is 12.8 Å². The third-order valence-corrected chi connectivity index (χ3v) is 4.01. The van der Waals surface area contributed by atoms with Crippen LogP contribution in [0.2, 0.25) is 0 Å². The molecule has 6 heteroatoms. The molecule has 0 atom stereocenters. The molecule has 2 aromatic rings. The van der Waals surface area contributed by atoms with Gasteiger partial charge in [0.25, 0.3) is 0 Å². The first-order valence-corrected chi connectivity index (χ1v) is 9.07. The van der Waals surface area contributed by atoms with Crippen LogP contribution < -0.4 is 19.8 Å². The number of hydrogen-bond acceptors (Lipinski definition) is 6. The van der Waals surface area contributed by atoms with E-state index >= 15 is 0 Å². The lowest BCUT2D eigenvalue weighted by Gasteiger charge is -2.12. The smallest absolute Gasteiger partial charge is 0.383 e. The maximum atomic E-state index is 12.2. The van der Waals surface area contributed by atoms with Gasteiger partial charge in [-0.2, -0.15) is 0 Å². The van der Waals surface area contributed by atoms with Gasteiger partial charge in [-0.05, 0) is 51.8 Å². The summed E-state index contributed by atoms with van der Waals surface area (Å²) < 4.78 is 21.4. The fraction of sp³-hybridized carbons (Fsp3) is 0.364. The Hall–Kier alpha value is -3.02. The molecule has 0 unspecified atom stereocenters. The highest BCUT2D eigenvalue weighted by molar-refractivity contribution is 5.87. The third-order valence-electron chi connectivity index (χ3n) is 4.01. The van der Waals surface area contributed by atoms with Gasteiger partial charge >= 0.3 is 11.6 Å². The van der Waals surface area contributed by atoms with E-state index in [1.54, 1.807) is 12.1 Å². The lowest BCUT2D eigenvalue weighted by molar-refractivity contribution is -0.131. The second-order valence-electron chi connectivity index (χ2n) is 6.69. The normalized spacial score (nSPS) is 11.2. The van der Waals surface area contributed by atoms with Crippen LogP contribution in [0.4, 0.5) is 0 Å². The predicted octanol–water partition coefficient (Wildman–Crippen LogP) is 4.80. The molecule has 6 nitrogen and oxygen atoms in total. The van der Waals surface area contributed by atoms with Crippen molar-refractivity contribution in [2.24, 2.45) is 0 Å². The molecule has 1 heterocycles. The summed E-state index contributed by atoms with van der Waals surface area (Å²) in [5, 5.41) is 0.558. The van der Waals surface area contributed by atoms with Gasteiger partial charge in [-0.15, -0.1) is 0 Å². The molecule has 0 saturated heterocycles. The summed E-state index contributed by atoms with van der Waals surface area (Å²) in [4.78, 5) is 23.4. The maximum absolute atomic E-state index is 12.2. The number of carbonyl (C=O) groups is 1. The van der Waals surface area contributed by atoms with Gasteiger partial charge in [0.05, 0.1) is 12.5 Å². The Morgan fingerprint density at radius 1 is 1.11 bits per heavy atom. The standard InChI is InChI=1S/C22H26O6/c1-14(2)7-6-8-15(3)11-12-26-20-18-10-9-17(27-16(4)23)13-19(18)28-22(24)21(20)25-5/h7,9-11,13H,6,8,12H2,1-5H3/b15-11+. The topological polar surface area (TPSA) is 75.0 Å². The first kappa shape index (κ1) is 21.3. The summed E-state index contributed by atoms with van der Waals surface area (Å²) >= 11 is 0. The second kappa shape index (κ2) is 9.78. The number of ether oxygens (including phenoxy) is 3. The van der Waals surface area contributed by atoms with Crippen molar-refractivity contribution < 1.29 is 23.4 Å². The molecule has 150 valence electrons. The fourth-order valence-electron chi connectivity index (χ4n) is 2.64. The summed E-state index contributed by atoms with van der Waals surface area (Å²) in [7, 11) is 1.39. The number of methoxy groups -OCH3 is 1. The Balaban J connectivity index is 2.27. The molecule has 0 aliphatic carbocycles. The van der Waals surface area contributed by atoms with E-state index in [1.165, 1.54) is 31.2 Å². The number of rotatable bonds is 8. The van der Waals surface area contributed by atoms with Gasteiger partial charge < -0.3 is 18.6 Å². The highest BCUT2D eigenvalue weighted by Gasteiger charge is 2.17. The second-order valence-corrected chi connectivity index (χ2v) is 6.69. The zero-order valence-corrected chi connectivity index (χ0v) is 17.0. The number of esters is 1. The van der Waals surface area contributed by atoms with Crippen molar-refractivity contribution in [3.63, 3.8) is 0 Å². The molecule has 0 fully saturated rings. The highest BCUT2D eigenvalue weighted by Crippen LogP contribution is 2.34. The number of carbonyl (C=O) groups excluding carboxylic acids is 1. The van der Waals surface area contributed by atoms with Gasteiger partial charge in [-0.1, -0.05) is 17.2 Å². The zero-order chi connectivity index (χ0) is 20.7. The van der Waals surface area contributed by atoms with E-state index in [9.17, 15) is 9.59 Å². The van der Waals surface area contributed by atoms with Crippen molar-refractivity contribution in [1.82, 2.24) is 0 Å². The molecule has 1 aromatic carbocycles. The van der Waals surface area contributed by atoms with Gasteiger partial charge in [0.1, 0.15) is 17.9 Å². The number of benzene rings is 1. The molecule has 0 saturated carbocycles. The first-order chi connectivity index (χ1) is 13.3. The minimum absolute atomic E-state index is 0.00308. The molecule has 0 radical (unpaired) electrons. The molecular formula is C22H26O6. The largest absolute Gasteiger partial charge is 0.487 e. The van der Waals surface area contributed by atoms with E-state index in [2.05, 4.69) is 19.9 Å². The number of hydrogen-bond donors (Lipinski definition) is 0. The van der Waals surface area contributed by atoms with Crippen molar-refractivity contribution in [3.05, 3.63) is 51.9 Å². The first-order valence-electron chi connectivity index (χ1n) is 9.07. The SMILES string of the molecule is COc1c(OC/C=C(\C)CCC=C(C)C)c2ccc(OC(C)=O)cc2oc1=O. The van der Waals surface area contributed by atoms with Gasteiger partial charge in [-0.3, -0.25) is 4.79 Å². The van der Waals surface area contributed by atoms with E-state index < -0.39 is 11.6 Å². The molecule has 0 spiro atoms. The molecule has 0 aliphatic heterocycles. The van der Waals surface area contributed by atoms with Crippen molar-refractivity contribution in [2.45, 2.75) is 40.5 Å². The van der Waals surface area contributed by atoms with Crippen LogP contribution in [0.3, 0.4) is 0 Å². The number of allylic oxidation sites excluding steroid dienone is 3. The maximum Gasteiger partial charge on any atom is 0.383 e. The minimum atomic E-state index is -0.658. The van der Waals surface area contributed by atoms with Gasteiger partial charge in [0, 0.05) is 13.0 Å². The third kappa shape index (κ3) is 5.74. The quantitative estimate of drug-likeness (QED) is 0.281. The molecule has 0 bridgehead atoms. The predicted molar refractivity (Wildman–Crippen MR) is 108 cm³/mol. The summed E-state index contributed by atoms with van der Waals surface area (Å²) in [6, 6.07) is 4.75. The molecule has 0 amide bonds. The van der Waals surface area contributed by atoms with Crippen LogP contribution in [0.5, 0.6) is 17.2 Å². The van der Waals surface area contributed by atoms with Crippen molar-refractivity contribution in [2.75, 3.05) is 13.7 Å². The minimum Gasteiger partial charge on any atom is -0.487 e. The van der Waals surface area contributed by atoms with Crippen molar-refractivity contribution >= 4 is 16.9 Å². The van der Waals surface area contributed by atoms with Crippen LogP contribution in [-0.4, -0.2) is 19.7 Å². The summed E-state index contributed by atoms with van der Waals surface area (Å²) in [5.41, 5.74) is 2.09. The summed E-state index contributed by atoms with van der Waals surface area (Å²) in [5.74, 6) is 0.134. The Labute approximate surface area is 164 Å². The van der Waals surface area contributed by atoms with Gasteiger partial charge in [0.2, 0.25) is 5.75 Å². The van der Waals surface area contributed by atoms with E-state index in [1.807, 2.05) is 13.0 Å². The van der Waals surface area contributed by atoms with Gasteiger partial charge in [-0.25, -0.2) is 4.79 Å². The Morgan fingerprint density at radius 2 is 1.86 bits per heavy atom. The van der Waals surface area contributed by atoms with Crippen molar-refractivity contribution in [3.8, 4) is 17.2 Å². The van der Waals surface area contributed by atoms with Crippen LogP contribution >= 0.6 is 0 Å². The van der Waals surface area contributed by atoms with Crippen LogP contribution in [0.25, 0.3) is 11.0 Å². The average Bonchev–Trinajstić information content (AvgIpc) is 2.60. The summed E-state index contributed by atoms with van der Waals surface area (Å²) in [6.07, 6.45) is 6.09. The van der Waals surface area contributed by atoms with Crippen molar-refractivity contribution in [1.29, 1.82) is 0 Å². The average molecular weight is 386 g/mol. The van der Waals surface area contributed by atoms with Crippen LogP contribution in [0.1, 0.15) is 40.5 Å². The Kier molecular flexibility index (Phi) is 7.44. The molecular weight excluding hydrogens is 360 g/mol. The monoisotopic (exact) mass is 386 g/mol. The van der Waals surface area contributed by atoms with Gasteiger partial charge in [0.15, 0.2) is 5.75 Å². The van der Waals surface area contributed by atoms with Crippen LogP contribution in [-0.2, 0) is 4.79 Å². The molecule has 1 aromatic heterocycles. The van der Waals surface area contributed by atoms with E-state index in [4.69, 9.17) is 18.6 Å². The van der Waals surface area contributed by atoms with E-state index in [0.29, 0.717) is 17.7 Å². The highest BCUT2D eigenvalue weighted by atomic mass is 16.5. The fourth-order valence-corrected chi connectivity index (χ4v) is 2.64. The van der Waals surface area contributed by atoms with Crippen LogP contribution in [0.15, 0.2) is 50.7 Å².